The molecule has 0 radical (unpaired) electrons. The largest absolute Gasteiger partial charge is 0.492 e. The van der Waals surface area contributed by atoms with Crippen LogP contribution >= 0.6 is 0 Å². The lowest BCUT2D eigenvalue weighted by molar-refractivity contribution is 0.0947. The Hall–Kier alpha value is -2.33. The van der Waals surface area contributed by atoms with E-state index in [2.05, 4.69) is 29.3 Å². The Balaban J connectivity index is 1.42. The summed E-state index contributed by atoms with van der Waals surface area (Å²) in [7, 11) is 0. The first-order chi connectivity index (χ1) is 13.1. The smallest absolute Gasteiger partial charge is 0.251 e. The SMILES string of the molecule is Cc1cccc(OCCNC(=O)c2ccc(CN3CCC[C@@H](C)C3)cc2)c1. The van der Waals surface area contributed by atoms with Crippen LogP contribution in [0, 0.1) is 12.8 Å². The van der Waals surface area contributed by atoms with Gasteiger partial charge in [0.15, 0.2) is 0 Å². The summed E-state index contributed by atoms with van der Waals surface area (Å²) in [5.74, 6) is 1.56. The fourth-order valence-corrected chi connectivity index (χ4v) is 3.59. The van der Waals surface area contributed by atoms with Crippen molar-refractivity contribution >= 4 is 5.91 Å². The van der Waals surface area contributed by atoms with Crippen molar-refractivity contribution in [2.75, 3.05) is 26.2 Å². The summed E-state index contributed by atoms with van der Waals surface area (Å²) in [5, 5.41) is 2.92. The third-order valence-corrected chi connectivity index (χ3v) is 5.01. The summed E-state index contributed by atoms with van der Waals surface area (Å²) in [6.45, 7) is 8.61. The average Bonchev–Trinajstić information content (AvgIpc) is 2.66. The lowest BCUT2D eigenvalue weighted by Crippen LogP contribution is -2.33. The molecule has 1 atom stereocenters. The Morgan fingerprint density at radius 3 is 2.78 bits per heavy atom. The predicted octanol–water partition coefficient (Wildman–Crippen LogP) is 4.04. The summed E-state index contributed by atoms with van der Waals surface area (Å²) in [5.41, 5.74) is 3.13. The minimum Gasteiger partial charge on any atom is -0.492 e. The first kappa shape index (κ1) is 19.4. The molecule has 0 aliphatic carbocycles. The van der Waals surface area contributed by atoms with E-state index in [4.69, 9.17) is 4.74 Å². The van der Waals surface area contributed by atoms with E-state index in [0.29, 0.717) is 18.7 Å². The standard InChI is InChI=1S/C23H30N2O2/c1-18-5-3-7-22(15-18)27-14-12-24-23(26)21-10-8-20(9-11-21)17-25-13-4-6-19(2)16-25/h3,5,7-11,15,19H,4,6,12-14,16-17H2,1-2H3,(H,24,26)/t19-/m1/s1. The van der Waals surface area contributed by atoms with E-state index in [0.717, 1.165) is 23.8 Å². The maximum absolute atomic E-state index is 12.3. The van der Waals surface area contributed by atoms with E-state index in [9.17, 15) is 4.79 Å². The van der Waals surface area contributed by atoms with Crippen LogP contribution in [0.1, 0.15) is 41.3 Å². The fraction of sp³-hybridized carbons (Fsp3) is 0.435. The predicted molar refractivity (Wildman–Crippen MR) is 109 cm³/mol. The average molecular weight is 367 g/mol. The first-order valence-corrected chi connectivity index (χ1v) is 9.89. The number of amides is 1. The molecule has 1 aliphatic rings. The van der Waals surface area contributed by atoms with Gasteiger partial charge in [-0.25, -0.2) is 0 Å². The zero-order chi connectivity index (χ0) is 19.1. The molecule has 2 aromatic rings. The Kier molecular flexibility index (Phi) is 6.88. The molecule has 27 heavy (non-hydrogen) atoms. The monoisotopic (exact) mass is 366 g/mol. The normalized spacial score (nSPS) is 17.5. The van der Waals surface area contributed by atoms with Gasteiger partial charge < -0.3 is 10.1 Å². The molecular formula is C23H30N2O2. The highest BCUT2D eigenvalue weighted by Crippen LogP contribution is 2.18. The van der Waals surface area contributed by atoms with Gasteiger partial charge in [0, 0.05) is 18.7 Å². The molecule has 1 saturated heterocycles. The second-order valence-corrected chi connectivity index (χ2v) is 7.60. The highest BCUT2D eigenvalue weighted by Gasteiger charge is 2.16. The van der Waals surface area contributed by atoms with Crippen molar-refractivity contribution in [3.05, 3.63) is 65.2 Å². The molecule has 1 fully saturated rings. The molecule has 1 amide bonds. The van der Waals surface area contributed by atoms with Gasteiger partial charge in [0.05, 0.1) is 6.54 Å². The van der Waals surface area contributed by atoms with Crippen LogP contribution in [0.3, 0.4) is 0 Å². The Labute approximate surface area is 162 Å². The number of benzene rings is 2. The zero-order valence-electron chi connectivity index (χ0n) is 16.4. The Morgan fingerprint density at radius 2 is 2.04 bits per heavy atom. The number of hydrogen-bond donors (Lipinski definition) is 1. The number of carbonyl (C=O) groups excluding carboxylic acids is 1. The Bertz CT molecular complexity index is 742. The van der Waals surface area contributed by atoms with Gasteiger partial charge in [-0.2, -0.15) is 0 Å². The second-order valence-electron chi connectivity index (χ2n) is 7.60. The number of piperidine rings is 1. The zero-order valence-corrected chi connectivity index (χ0v) is 16.4. The first-order valence-electron chi connectivity index (χ1n) is 9.89. The Morgan fingerprint density at radius 1 is 1.22 bits per heavy atom. The van der Waals surface area contributed by atoms with Gasteiger partial charge in [-0.15, -0.1) is 0 Å². The summed E-state index contributed by atoms with van der Waals surface area (Å²) in [4.78, 5) is 14.8. The van der Waals surface area contributed by atoms with Crippen molar-refractivity contribution < 1.29 is 9.53 Å². The highest BCUT2D eigenvalue weighted by atomic mass is 16.5. The summed E-state index contributed by atoms with van der Waals surface area (Å²) in [6, 6.07) is 15.9. The van der Waals surface area contributed by atoms with Gasteiger partial charge in [-0.1, -0.05) is 31.2 Å². The molecule has 144 valence electrons. The van der Waals surface area contributed by atoms with E-state index in [-0.39, 0.29) is 5.91 Å². The van der Waals surface area contributed by atoms with Crippen molar-refractivity contribution in [1.82, 2.24) is 10.2 Å². The van der Waals surface area contributed by atoms with Crippen LogP contribution in [0.5, 0.6) is 5.75 Å². The number of likely N-dealkylation sites (tertiary alicyclic amines) is 1. The van der Waals surface area contributed by atoms with Crippen molar-refractivity contribution in [3.8, 4) is 5.75 Å². The summed E-state index contributed by atoms with van der Waals surface area (Å²) < 4.78 is 5.67. The number of carbonyl (C=O) groups is 1. The number of nitrogens with one attached hydrogen (secondary N) is 1. The lowest BCUT2D eigenvalue weighted by atomic mass is 9.99. The number of aryl methyl sites for hydroxylation is 1. The van der Waals surface area contributed by atoms with Gasteiger partial charge in [0.25, 0.3) is 5.91 Å². The number of rotatable bonds is 7. The van der Waals surface area contributed by atoms with Crippen LogP contribution in [0.15, 0.2) is 48.5 Å². The van der Waals surface area contributed by atoms with Gasteiger partial charge >= 0.3 is 0 Å². The number of nitrogens with zero attached hydrogens (tertiary/aromatic N) is 1. The minimum absolute atomic E-state index is 0.0546. The molecule has 1 N–H and O–H groups in total. The maximum Gasteiger partial charge on any atom is 0.251 e. The van der Waals surface area contributed by atoms with E-state index >= 15 is 0 Å². The van der Waals surface area contributed by atoms with Crippen molar-refractivity contribution in [3.63, 3.8) is 0 Å². The van der Waals surface area contributed by atoms with Gasteiger partial charge in [0.1, 0.15) is 12.4 Å². The molecule has 1 heterocycles. The van der Waals surface area contributed by atoms with Crippen LogP contribution in [0.2, 0.25) is 0 Å². The lowest BCUT2D eigenvalue weighted by Gasteiger charge is -2.30. The molecule has 4 nitrogen and oxygen atoms in total. The molecule has 0 saturated carbocycles. The molecule has 0 aromatic heterocycles. The second kappa shape index (κ2) is 9.56. The third-order valence-electron chi connectivity index (χ3n) is 5.01. The van der Waals surface area contributed by atoms with E-state index in [1.807, 2.05) is 43.3 Å². The fourth-order valence-electron chi connectivity index (χ4n) is 3.59. The molecule has 1 aliphatic heterocycles. The van der Waals surface area contributed by atoms with Crippen molar-refractivity contribution in [2.45, 2.75) is 33.2 Å². The molecule has 0 spiro atoms. The quantitative estimate of drug-likeness (QED) is 0.752. The molecule has 3 rings (SSSR count). The third kappa shape index (κ3) is 6.10. The van der Waals surface area contributed by atoms with E-state index < -0.39 is 0 Å². The van der Waals surface area contributed by atoms with Crippen LogP contribution in [0.4, 0.5) is 0 Å². The van der Waals surface area contributed by atoms with Crippen LogP contribution in [0.25, 0.3) is 0 Å². The molecule has 0 unspecified atom stereocenters. The van der Waals surface area contributed by atoms with Crippen LogP contribution < -0.4 is 10.1 Å². The van der Waals surface area contributed by atoms with E-state index in [1.165, 1.54) is 31.5 Å². The van der Waals surface area contributed by atoms with Gasteiger partial charge in [-0.05, 0) is 67.6 Å². The van der Waals surface area contributed by atoms with Crippen LogP contribution in [-0.2, 0) is 6.54 Å². The molecular weight excluding hydrogens is 336 g/mol. The molecule has 2 aromatic carbocycles. The van der Waals surface area contributed by atoms with Crippen molar-refractivity contribution in [2.24, 2.45) is 5.92 Å². The summed E-state index contributed by atoms with van der Waals surface area (Å²) in [6.07, 6.45) is 2.62. The molecule has 0 bridgehead atoms. The van der Waals surface area contributed by atoms with E-state index in [1.54, 1.807) is 0 Å². The highest BCUT2D eigenvalue weighted by molar-refractivity contribution is 5.94. The van der Waals surface area contributed by atoms with Crippen molar-refractivity contribution in [1.29, 1.82) is 0 Å². The van der Waals surface area contributed by atoms with Gasteiger partial charge in [-0.3, -0.25) is 9.69 Å². The molecule has 4 heteroatoms. The topological polar surface area (TPSA) is 41.6 Å². The minimum atomic E-state index is -0.0546. The summed E-state index contributed by atoms with van der Waals surface area (Å²) >= 11 is 0. The maximum atomic E-state index is 12.3. The number of hydrogen-bond acceptors (Lipinski definition) is 3. The van der Waals surface area contributed by atoms with Crippen LogP contribution in [-0.4, -0.2) is 37.0 Å². The number of ether oxygens (including phenoxy) is 1. The van der Waals surface area contributed by atoms with Gasteiger partial charge in [0.2, 0.25) is 0 Å².